The maximum absolute atomic E-state index is 9.10. The van der Waals surface area contributed by atoms with E-state index in [-0.39, 0.29) is 12.7 Å². The number of hydrogen-bond acceptors (Lipinski definition) is 3. The molecule has 2 unspecified atom stereocenters. The van der Waals surface area contributed by atoms with Crippen LogP contribution in [0.5, 0.6) is 5.88 Å². The molecule has 2 atom stereocenters. The highest BCUT2D eigenvalue weighted by molar-refractivity contribution is 6.31. The topological polar surface area (TPSA) is 42.4 Å². The van der Waals surface area contributed by atoms with E-state index in [4.69, 9.17) is 21.4 Å². The largest absolute Gasteiger partial charge is 0.474 e. The zero-order valence-electron chi connectivity index (χ0n) is 10.0. The fourth-order valence-electron chi connectivity index (χ4n) is 2.25. The summed E-state index contributed by atoms with van der Waals surface area (Å²) in [6.07, 6.45) is 5.04. The Bertz CT molecular complexity index is 384. The van der Waals surface area contributed by atoms with Gasteiger partial charge in [-0.1, -0.05) is 24.9 Å². The smallest absolute Gasteiger partial charge is 0.213 e. The average molecular weight is 256 g/mol. The van der Waals surface area contributed by atoms with E-state index in [1.807, 2.05) is 0 Å². The van der Waals surface area contributed by atoms with E-state index in [0.717, 1.165) is 6.42 Å². The first-order chi connectivity index (χ1) is 8.20. The van der Waals surface area contributed by atoms with Crippen LogP contribution in [0.4, 0.5) is 0 Å². The molecule has 0 aliphatic heterocycles. The first-order valence-electron chi connectivity index (χ1n) is 6.13. The van der Waals surface area contributed by atoms with Crippen LogP contribution in [-0.2, 0) is 6.61 Å². The maximum atomic E-state index is 9.10. The van der Waals surface area contributed by atoms with Crippen molar-refractivity contribution in [3.63, 3.8) is 0 Å². The van der Waals surface area contributed by atoms with Crippen molar-refractivity contribution in [1.29, 1.82) is 0 Å². The van der Waals surface area contributed by atoms with Gasteiger partial charge in [0.05, 0.1) is 17.3 Å². The molecule has 2 rings (SSSR count). The van der Waals surface area contributed by atoms with E-state index in [0.29, 0.717) is 22.5 Å². The Morgan fingerprint density at radius 3 is 2.88 bits per heavy atom. The molecule has 0 radical (unpaired) electrons. The Morgan fingerprint density at radius 1 is 1.41 bits per heavy atom. The summed E-state index contributed by atoms with van der Waals surface area (Å²) >= 11 is 5.89. The van der Waals surface area contributed by atoms with Gasteiger partial charge in [-0.3, -0.25) is 0 Å². The van der Waals surface area contributed by atoms with Crippen molar-refractivity contribution in [3.8, 4) is 5.88 Å². The first kappa shape index (κ1) is 12.7. The quantitative estimate of drug-likeness (QED) is 0.902. The molecule has 0 aromatic carbocycles. The number of nitrogens with zero attached hydrogens (tertiary/aromatic N) is 1. The molecule has 1 N–H and O–H groups in total. The Labute approximate surface area is 107 Å². The van der Waals surface area contributed by atoms with Crippen LogP contribution < -0.4 is 4.74 Å². The molecule has 1 heterocycles. The number of aliphatic hydroxyl groups excluding tert-OH is 1. The molecule has 94 valence electrons. The number of halogens is 1. The molecule has 17 heavy (non-hydrogen) atoms. The molecule has 1 aromatic rings. The second kappa shape index (κ2) is 5.69. The molecule has 0 bridgehead atoms. The van der Waals surface area contributed by atoms with Crippen molar-refractivity contribution in [2.45, 2.75) is 45.3 Å². The third-order valence-corrected chi connectivity index (χ3v) is 3.69. The first-order valence-corrected chi connectivity index (χ1v) is 6.51. The second-order valence-electron chi connectivity index (χ2n) is 4.65. The summed E-state index contributed by atoms with van der Waals surface area (Å²) in [5, 5.41) is 9.58. The number of hydrogen-bond donors (Lipinski definition) is 1. The van der Waals surface area contributed by atoms with Gasteiger partial charge in [0.15, 0.2) is 0 Å². The van der Waals surface area contributed by atoms with Crippen LogP contribution in [0, 0.1) is 5.92 Å². The lowest BCUT2D eigenvalue weighted by molar-refractivity contribution is 0.0969. The highest BCUT2D eigenvalue weighted by Gasteiger charge is 2.23. The minimum Gasteiger partial charge on any atom is -0.474 e. The Kier molecular flexibility index (Phi) is 4.24. The molecule has 4 heteroatoms. The normalized spacial score (nSPS) is 24.6. The second-order valence-corrected chi connectivity index (χ2v) is 5.06. The van der Waals surface area contributed by atoms with Gasteiger partial charge in [0.25, 0.3) is 0 Å². The minimum absolute atomic E-state index is 0.156. The van der Waals surface area contributed by atoms with E-state index in [1.54, 1.807) is 12.1 Å². The van der Waals surface area contributed by atoms with Crippen LogP contribution in [-0.4, -0.2) is 16.2 Å². The van der Waals surface area contributed by atoms with Gasteiger partial charge in [0, 0.05) is 6.07 Å². The predicted octanol–water partition coefficient (Wildman–Crippen LogP) is 3.18. The van der Waals surface area contributed by atoms with Crippen molar-refractivity contribution < 1.29 is 9.84 Å². The van der Waals surface area contributed by atoms with Crippen molar-refractivity contribution >= 4 is 11.6 Å². The molecule has 1 saturated carbocycles. The van der Waals surface area contributed by atoms with Gasteiger partial charge in [-0.2, -0.15) is 0 Å². The van der Waals surface area contributed by atoms with Gasteiger partial charge >= 0.3 is 0 Å². The van der Waals surface area contributed by atoms with Crippen LogP contribution in [0.1, 0.15) is 38.3 Å². The third-order valence-electron chi connectivity index (χ3n) is 3.35. The monoisotopic (exact) mass is 255 g/mol. The van der Waals surface area contributed by atoms with Crippen molar-refractivity contribution in [2.75, 3.05) is 0 Å². The highest BCUT2D eigenvalue weighted by atomic mass is 35.5. The number of pyridine rings is 1. The summed E-state index contributed by atoms with van der Waals surface area (Å²) in [5.74, 6) is 1.14. The van der Waals surface area contributed by atoms with Crippen LogP contribution in [0.2, 0.25) is 5.02 Å². The number of aromatic nitrogens is 1. The lowest BCUT2D eigenvalue weighted by Crippen LogP contribution is -2.28. The average Bonchev–Trinajstić information content (AvgIpc) is 2.34. The van der Waals surface area contributed by atoms with Crippen LogP contribution in [0.3, 0.4) is 0 Å². The SMILES string of the molecule is CC1CCCCC1Oc1ccc(Cl)c(CO)n1. The maximum Gasteiger partial charge on any atom is 0.213 e. The number of aliphatic hydroxyl groups is 1. The van der Waals surface area contributed by atoms with Crippen LogP contribution in [0.25, 0.3) is 0 Å². The Hall–Kier alpha value is -0.800. The van der Waals surface area contributed by atoms with Gasteiger partial charge in [0.1, 0.15) is 6.10 Å². The summed E-state index contributed by atoms with van der Waals surface area (Å²) in [6.45, 7) is 2.06. The minimum atomic E-state index is -0.156. The summed E-state index contributed by atoms with van der Waals surface area (Å²) in [4.78, 5) is 4.22. The van der Waals surface area contributed by atoms with Crippen LogP contribution in [0.15, 0.2) is 12.1 Å². The van der Waals surface area contributed by atoms with Gasteiger partial charge in [-0.05, 0) is 31.2 Å². The Balaban J connectivity index is 2.07. The van der Waals surface area contributed by atoms with Gasteiger partial charge in [-0.25, -0.2) is 4.98 Å². The molecule has 0 saturated heterocycles. The highest BCUT2D eigenvalue weighted by Crippen LogP contribution is 2.28. The van der Waals surface area contributed by atoms with Crippen molar-refractivity contribution in [3.05, 3.63) is 22.8 Å². The molecule has 1 aliphatic rings. The molecule has 1 aliphatic carbocycles. The summed E-state index contributed by atoms with van der Waals surface area (Å²) in [6, 6.07) is 3.49. The number of rotatable bonds is 3. The predicted molar refractivity (Wildman–Crippen MR) is 67.2 cm³/mol. The Morgan fingerprint density at radius 2 is 2.18 bits per heavy atom. The molecule has 0 amide bonds. The summed E-state index contributed by atoms with van der Waals surface area (Å²) in [7, 11) is 0. The zero-order chi connectivity index (χ0) is 12.3. The van der Waals surface area contributed by atoms with E-state index in [9.17, 15) is 0 Å². The molecular formula is C13H18ClNO2. The van der Waals surface area contributed by atoms with E-state index >= 15 is 0 Å². The van der Waals surface area contributed by atoms with E-state index in [1.165, 1.54) is 19.3 Å². The number of ether oxygens (including phenoxy) is 1. The van der Waals surface area contributed by atoms with Crippen molar-refractivity contribution in [1.82, 2.24) is 4.98 Å². The van der Waals surface area contributed by atoms with Gasteiger partial charge in [-0.15, -0.1) is 0 Å². The molecule has 0 spiro atoms. The summed E-state index contributed by atoms with van der Waals surface area (Å²) in [5.41, 5.74) is 0.479. The fraction of sp³-hybridized carbons (Fsp3) is 0.615. The third kappa shape index (κ3) is 3.11. The lowest BCUT2D eigenvalue weighted by atomic mass is 9.88. The van der Waals surface area contributed by atoms with Gasteiger partial charge < -0.3 is 9.84 Å². The molecular weight excluding hydrogens is 238 g/mol. The molecule has 1 aromatic heterocycles. The fourth-order valence-corrected chi connectivity index (χ4v) is 2.42. The van der Waals surface area contributed by atoms with E-state index < -0.39 is 0 Å². The summed E-state index contributed by atoms with van der Waals surface area (Å²) < 4.78 is 5.88. The molecule has 1 fully saturated rings. The zero-order valence-corrected chi connectivity index (χ0v) is 10.8. The molecule has 3 nitrogen and oxygen atoms in total. The van der Waals surface area contributed by atoms with E-state index in [2.05, 4.69) is 11.9 Å². The lowest BCUT2D eigenvalue weighted by Gasteiger charge is -2.28. The van der Waals surface area contributed by atoms with Gasteiger partial charge in [0.2, 0.25) is 5.88 Å². The van der Waals surface area contributed by atoms with Crippen molar-refractivity contribution in [2.24, 2.45) is 5.92 Å². The van der Waals surface area contributed by atoms with Crippen LogP contribution >= 0.6 is 11.6 Å². The standard InChI is InChI=1S/C13H18ClNO2/c1-9-4-2-3-5-12(9)17-13-7-6-10(14)11(8-16)15-13/h6-7,9,12,16H,2-5,8H2,1H3.